The smallest absolute Gasteiger partial charge is 0.407 e. The van der Waals surface area contributed by atoms with Gasteiger partial charge in [-0.1, -0.05) is 30.3 Å². The fourth-order valence-corrected chi connectivity index (χ4v) is 5.10. The Balaban J connectivity index is 1.58. The number of aromatic nitrogens is 2. The van der Waals surface area contributed by atoms with Crippen LogP contribution in [0.1, 0.15) is 29.8 Å². The maximum Gasteiger partial charge on any atom is 0.407 e. The summed E-state index contributed by atoms with van der Waals surface area (Å²) in [7, 11) is -4.45. The lowest BCUT2D eigenvalue weighted by Gasteiger charge is -2.35. The lowest BCUT2D eigenvalue weighted by molar-refractivity contribution is -0.134. The van der Waals surface area contributed by atoms with Gasteiger partial charge in [0.05, 0.1) is 6.16 Å². The summed E-state index contributed by atoms with van der Waals surface area (Å²) in [5.74, 6) is -0.264. The highest BCUT2D eigenvalue weighted by Gasteiger charge is 2.32. The van der Waals surface area contributed by atoms with Gasteiger partial charge in [0, 0.05) is 50.9 Å². The van der Waals surface area contributed by atoms with Gasteiger partial charge < -0.3 is 34.9 Å². The third-order valence-electron chi connectivity index (χ3n) is 6.58. The SMILES string of the molecule is O=C(N[C@@H](CCP(=O)(O)O)C(=O)N1CCN(C(=O)O)CC1)c1cc(N2CCCC2)nc(-c2ccccc2)n1. The predicted molar refractivity (Wildman–Crippen MR) is 138 cm³/mol. The van der Waals surface area contributed by atoms with E-state index in [1.165, 1.54) is 9.80 Å². The van der Waals surface area contributed by atoms with Crippen LogP contribution in [0.3, 0.4) is 0 Å². The molecule has 0 unspecified atom stereocenters. The topological polar surface area (TPSA) is 176 Å². The third kappa shape index (κ3) is 7.06. The Morgan fingerprint density at radius 1 is 0.947 bits per heavy atom. The van der Waals surface area contributed by atoms with Gasteiger partial charge in [0.25, 0.3) is 5.91 Å². The van der Waals surface area contributed by atoms with E-state index in [0.717, 1.165) is 25.9 Å². The molecule has 0 aliphatic carbocycles. The van der Waals surface area contributed by atoms with Crippen molar-refractivity contribution in [3.63, 3.8) is 0 Å². The molecule has 1 atom stereocenters. The van der Waals surface area contributed by atoms with Gasteiger partial charge in [0.15, 0.2) is 5.82 Å². The highest BCUT2D eigenvalue weighted by molar-refractivity contribution is 7.51. The molecule has 4 rings (SSSR count). The average Bonchev–Trinajstić information content (AvgIpc) is 3.45. The van der Waals surface area contributed by atoms with Crippen LogP contribution in [-0.2, 0) is 9.36 Å². The van der Waals surface area contributed by atoms with Crippen LogP contribution in [0.5, 0.6) is 0 Å². The molecule has 0 bridgehead atoms. The number of carbonyl (C=O) groups excluding carboxylic acids is 2. The molecule has 0 radical (unpaired) electrons. The zero-order valence-corrected chi connectivity index (χ0v) is 21.7. The number of nitrogens with one attached hydrogen (secondary N) is 1. The minimum absolute atomic E-state index is 0.0328. The third-order valence-corrected chi connectivity index (χ3v) is 7.42. The highest BCUT2D eigenvalue weighted by atomic mass is 31.2. The lowest BCUT2D eigenvalue weighted by atomic mass is 10.1. The Morgan fingerprint density at radius 3 is 2.18 bits per heavy atom. The maximum atomic E-state index is 13.4. The van der Waals surface area contributed by atoms with E-state index < -0.39 is 37.7 Å². The normalized spacial score (nSPS) is 16.8. The summed E-state index contributed by atoms with van der Waals surface area (Å²) < 4.78 is 11.6. The lowest BCUT2D eigenvalue weighted by Crippen LogP contribution is -2.56. The second kappa shape index (κ2) is 11.9. The first-order valence-electron chi connectivity index (χ1n) is 12.4. The summed E-state index contributed by atoms with van der Waals surface area (Å²) in [6.07, 6.45) is 0.0244. The monoisotopic (exact) mass is 546 g/mol. The van der Waals surface area contributed by atoms with Crippen molar-refractivity contribution in [2.24, 2.45) is 0 Å². The fourth-order valence-electron chi connectivity index (χ4n) is 4.50. The second-order valence-electron chi connectivity index (χ2n) is 9.29. The molecular weight excluding hydrogens is 515 g/mol. The molecule has 4 N–H and O–H groups in total. The Morgan fingerprint density at radius 2 is 1.58 bits per heavy atom. The van der Waals surface area contributed by atoms with Crippen molar-refractivity contribution in [3.05, 3.63) is 42.1 Å². The molecule has 2 fully saturated rings. The van der Waals surface area contributed by atoms with Crippen LogP contribution < -0.4 is 10.2 Å². The standard InChI is InChI=1S/C24H31N6O7P/c31-22(19-16-20(28-9-4-5-10-28)27-21(25-19)17-6-2-1-3-7-17)26-18(8-15-38(35,36)37)23(32)29-11-13-30(14-12-29)24(33)34/h1-3,6-7,16,18H,4-5,8-15H2,(H,26,31)(H,33,34)(H2,35,36,37)/t18-/m0/s1. The first-order chi connectivity index (χ1) is 18.1. The van der Waals surface area contributed by atoms with Gasteiger partial charge in [-0.05, 0) is 19.3 Å². The summed E-state index contributed by atoms with van der Waals surface area (Å²) in [6, 6.07) is 9.51. The molecule has 2 saturated heterocycles. The van der Waals surface area contributed by atoms with E-state index in [1.54, 1.807) is 6.07 Å². The van der Waals surface area contributed by atoms with Crippen molar-refractivity contribution in [2.75, 3.05) is 50.3 Å². The molecule has 13 nitrogen and oxygen atoms in total. The number of carboxylic acid groups (broad SMARTS) is 1. The van der Waals surface area contributed by atoms with E-state index in [2.05, 4.69) is 20.2 Å². The van der Waals surface area contributed by atoms with E-state index in [0.29, 0.717) is 17.2 Å². The molecule has 3 heterocycles. The van der Waals surface area contributed by atoms with Crippen LogP contribution in [0.25, 0.3) is 11.4 Å². The average molecular weight is 547 g/mol. The molecule has 1 aromatic heterocycles. The summed E-state index contributed by atoms with van der Waals surface area (Å²) >= 11 is 0. The van der Waals surface area contributed by atoms with Crippen LogP contribution in [0.15, 0.2) is 36.4 Å². The number of hydrogen-bond donors (Lipinski definition) is 4. The van der Waals surface area contributed by atoms with E-state index >= 15 is 0 Å². The Hall–Kier alpha value is -3.54. The minimum Gasteiger partial charge on any atom is -0.465 e. The highest BCUT2D eigenvalue weighted by Crippen LogP contribution is 2.35. The van der Waals surface area contributed by atoms with Crippen molar-refractivity contribution < 1.29 is 33.8 Å². The Bertz CT molecular complexity index is 1210. The minimum atomic E-state index is -4.45. The van der Waals surface area contributed by atoms with Crippen LogP contribution in [0.4, 0.5) is 10.6 Å². The predicted octanol–water partition coefficient (Wildman–Crippen LogP) is 1.23. The van der Waals surface area contributed by atoms with Gasteiger partial charge in [-0.3, -0.25) is 14.2 Å². The molecule has 2 aliphatic rings. The summed E-state index contributed by atoms with van der Waals surface area (Å²) in [5.41, 5.74) is 0.749. The fraction of sp³-hybridized carbons (Fsp3) is 0.458. The van der Waals surface area contributed by atoms with Crippen LogP contribution >= 0.6 is 7.60 Å². The van der Waals surface area contributed by atoms with Crippen molar-refractivity contribution in [1.82, 2.24) is 25.1 Å². The summed E-state index contributed by atoms with van der Waals surface area (Å²) in [6.45, 7) is 2.00. The van der Waals surface area contributed by atoms with Crippen molar-refractivity contribution >= 4 is 31.3 Å². The molecule has 0 saturated carbocycles. The van der Waals surface area contributed by atoms with Gasteiger partial charge in [-0.2, -0.15) is 0 Å². The van der Waals surface area contributed by atoms with Crippen molar-refractivity contribution in [2.45, 2.75) is 25.3 Å². The summed E-state index contributed by atoms with van der Waals surface area (Å²) in [5, 5.41) is 11.8. The number of hydrogen-bond acceptors (Lipinski definition) is 7. The van der Waals surface area contributed by atoms with Crippen molar-refractivity contribution in [1.29, 1.82) is 0 Å². The molecule has 38 heavy (non-hydrogen) atoms. The number of carbonyl (C=O) groups is 3. The van der Waals surface area contributed by atoms with Crippen LogP contribution in [0.2, 0.25) is 0 Å². The van der Waals surface area contributed by atoms with E-state index in [9.17, 15) is 28.7 Å². The first kappa shape index (κ1) is 27.5. The molecule has 2 aliphatic heterocycles. The van der Waals surface area contributed by atoms with Crippen LogP contribution in [0, 0.1) is 0 Å². The number of piperazine rings is 1. The van der Waals surface area contributed by atoms with E-state index in [-0.39, 0.29) is 38.3 Å². The molecule has 14 heteroatoms. The number of amides is 3. The maximum absolute atomic E-state index is 13.4. The zero-order valence-electron chi connectivity index (χ0n) is 20.8. The van der Waals surface area contributed by atoms with Crippen molar-refractivity contribution in [3.8, 4) is 11.4 Å². The Labute approximate surface area is 219 Å². The van der Waals surface area contributed by atoms with Crippen LogP contribution in [-0.4, -0.2) is 104 Å². The first-order valence-corrected chi connectivity index (χ1v) is 14.2. The number of nitrogens with zero attached hydrogens (tertiary/aromatic N) is 5. The molecule has 0 spiro atoms. The summed E-state index contributed by atoms with van der Waals surface area (Å²) in [4.78, 5) is 70.4. The van der Waals surface area contributed by atoms with Gasteiger partial charge in [0.1, 0.15) is 17.6 Å². The van der Waals surface area contributed by atoms with Gasteiger partial charge in [0.2, 0.25) is 5.91 Å². The largest absolute Gasteiger partial charge is 0.465 e. The number of rotatable bonds is 8. The van der Waals surface area contributed by atoms with E-state index in [1.807, 2.05) is 30.3 Å². The Kier molecular flexibility index (Phi) is 8.60. The second-order valence-corrected chi connectivity index (χ2v) is 11.1. The quantitative estimate of drug-likeness (QED) is 0.352. The molecule has 204 valence electrons. The molecular formula is C24H31N6O7P. The van der Waals surface area contributed by atoms with Gasteiger partial charge in [-0.25, -0.2) is 14.8 Å². The zero-order chi connectivity index (χ0) is 27.3. The van der Waals surface area contributed by atoms with Gasteiger partial charge in [-0.15, -0.1) is 0 Å². The van der Waals surface area contributed by atoms with E-state index in [4.69, 9.17) is 5.11 Å². The molecule has 2 aromatic rings. The number of benzene rings is 1. The molecule has 3 amide bonds. The molecule has 1 aromatic carbocycles. The number of anilines is 1. The van der Waals surface area contributed by atoms with Gasteiger partial charge >= 0.3 is 13.7 Å².